The first-order valence-electron chi connectivity index (χ1n) is 12.9. The predicted molar refractivity (Wildman–Crippen MR) is 139 cm³/mol. The topological polar surface area (TPSA) is 249 Å². The van der Waals surface area contributed by atoms with Crippen molar-refractivity contribution in [1.82, 2.24) is 0 Å². The van der Waals surface area contributed by atoms with E-state index in [2.05, 4.69) is 0 Å². The minimum absolute atomic E-state index is 0.0110. The van der Waals surface area contributed by atoms with Crippen LogP contribution < -0.4 is 10.2 Å². The highest BCUT2D eigenvalue weighted by Gasteiger charge is 2.47. The molecule has 5 rings (SSSR count). The Morgan fingerprint density at radius 2 is 1.43 bits per heavy atom. The summed E-state index contributed by atoms with van der Waals surface area (Å²) in [5, 5.41) is 91.0. The van der Waals surface area contributed by atoms with E-state index >= 15 is 0 Å². The molecule has 3 aromatic rings. The van der Waals surface area contributed by atoms with E-state index in [1.165, 1.54) is 31.2 Å². The van der Waals surface area contributed by atoms with Crippen LogP contribution in [0.3, 0.4) is 0 Å². The number of phenolic OH excluding ortho intramolecular Hbond substituents is 3. The zero-order valence-corrected chi connectivity index (χ0v) is 21.9. The summed E-state index contributed by atoms with van der Waals surface area (Å²) in [4.78, 5) is 12.7. The third kappa shape index (κ3) is 5.61. The molecule has 0 aliphatic carbocycles. The summed E-state index contributed by atoms with van der Waals surface area (Å²) in [6.07, 6.45) is -15.1. The number of benzene rings is 2. The van der Waals surface area contributed by atoms with Gasteiger partial charge in [-0.25, -0.2) is 0 Å². The number of phenols is 3. The van der Waals surface area contributed by atoms with Crippen LogP contribution in [-0.2, 0) is 14.2 Å². The van der Waals surface area contributed by atoms with Crippen molar-refractivity contribution < 1.29 is 69.3 Å². The molecule has 2 aliphatic rings. The van der Waals surface area contributed by atoms with E-state index < -0.39 is 84.9 Å². The Morgan fingerprint density at radius 1 is 0.738 bits per heavy atom. The fourth-order valence-corrected chi connectivity index (χ4v) is 4.76. The molecular weight excluding hydrogens is 564 g/mol. The second kappa shape index (κ2) is 11.6. The molecule has 0 spiro atoms. The summed E-state index contributed by atoms with van der Waals surface area (Å²) in [6, 6.07) is 7.09. The molecule has 0 unspecified atom stereocenters. The number of aliphatic hydroxyl groups is 6. The predicted octanol–water partition coefficient (Wildman–Crippen LogP) is -1.39. The van der Waals surface area contributed by atoms with Crippen LogP contribution in [-0.4, -0.2) is 114 Å². The van der Waals surface area contributed by atoms with Crippen molar-refractivity contribution in [2.24, 2.45) is 0 Å². The Labute approximate surface area is 236 Å². The lowest BCUT2D eigenvalue weighted by atomic mass is 9.98. The standard InChI is InChI=1S/C27H30O15/c1-9-20(32)22(34)24(36)26(39-9)38-8-18-21(33)23(35)25(37)27(42-18)40-11-5-14(30)19-15(31)7-16(41-17(19)6-11)10-2-3-12(28)13(29)4-10/h2-7,9,18,20-30,32-37H,8H2,1H3/t9-,18-,20+,21+,22-,23+,24+,25-,26-,27-/m0/s1. The molecular formula is C27H30O15. The summed E-state index contributed by atoms with van der Waals surface area (Å²) in [6.45, 7) is 0.938. The fraction of sp³-hybridized carbons (Fsp3) is 0.444. The average molecular weight is 595 g/mol. The van der Waals surface area contributed by atoms with Crippen LogP contribution in [0.25, 0.3) is 22.3 Å². The molecule has 15 heteroatoms. The van der Waals surface area contributed by atoms with E-state index in [-0.39, 0.29) is 33.8 Å². The highest BCUT2D eigenvalue weighted by molar-refractivity contribution is 5.86. The maximum Gasteiger partial charge on any atom is 0.229 e. The van der Waals surface area contributed by atoms with Gasteiger partial charge < -0.3 is 69.3 Å². The quantitative estimate of drug-likeness (QED) is 0.149. The van der Waals surface area contributed by atoms with E-state index in [0.717, 1.165) is 12.1 Å². The molecule has 2 fully saturated rings. The Morgan fingerprint density at radius 3 is 2.14 bits per heavy atom. The summed E-state index contributed by atoms with van der Waals surface area (Å²) in [5.74, 6) is -1.56. The van der Waals surface area contributed by atoms with Gasteiger partial charge in [-0.05, 0) is 25.1 Å². The fourth-order valence-electron chi connectivity index (χ4n) is 4.76. The number of hydrogen-bond acceptors (Lipinski definition) is 15. The van der Waals surface area contributed by atoms with Crippen LogP contribution in [0, 0.1) is 0 Å². The molecule has 2 saturated heterocycles. The molecule has 228 valence electrons. The van der Waals surface area contributed by atoms with Gasteiger partial charge in [0.1, 0.15) is 71.0 Å². The first-order chi connectivity index (χ1) is 19.8. The summed E-state index contributed by atoms with van der Waals surface area (Å²) >= 11 is 0. The zero-order chi connectivity index (χ0) is 30.5. The van der Waals surface area contributed by atoms with Gasteiger partial charge in [0.05, 0.1) is 12.7 Å². The lowest BCUT2D eigenvalue weighted by Crippen LogP contribution is -2.61. The molecule has 0 amide bonds. The van der Waals surface area contributed by atoms with Crippen molar-refractivity contribution in [2.45, 2.75) is 68.3 Å². The van der Waals surface area contributed by atoms with Crippen molar-refractivity contribution in [3.05, 3.63) is 46.6 Å². The first kappa shape index (κ1) is 30.0. The van der Waals surface area contributed by atoms with Crippen LogP contribution in [0.4, 0.5) is 0 Å². The van der Waals surface area contributed by atoms with E-state index in [9.17, 15) is 50.8 Å². The molecule has 9 N–H and O–H groups in total. The first-order valence-corrected chi connectivity index (χ1v) is 12.9. The smallest absolute Gasteiger partial charge is 0.229 e. The molecule has 0 bridgehead atoms. The largest absolute Gasteiger partial charge is 0.507 e. The van der Waals surface area contributed by atoms with Gasteiger partial charge in [0.25, 0.3) is 0 Å². The van der Waals surface area contributed by atoms with Crippen molar-refractivity contribution >= 4 is 11.0 Å². The van der Waals surface area contributed by atoms with E-state index in [1.807, 2.05) is 0 Å². The SMILES string of the molecule is C[C@@H]1O[C@H](OC[C@@H]2O[C@H](Oc3cc(O)c4c(=O)cc(-c5ccc(O)c(O)c5)oc4c3)[C@@H](O)[C@H](O)[C@@H]2O)[C@H](O)[C@@H](O)[C@@H]1O. The van der Waals surface area contributed by atoms with Gasteiger partial charge in [0.2, 0.25) is 6.29 Å². The molecule has 1 aromatic heterocycles. The maximum absolute atomic E-state index is 12.7. The van der Waals surface area contributed by atoms with Gasteiger partial charge in [-0.1, -0.05) is 0 Å². The normalized spacial score (nSPS) is 33.5. The van der Waals surface area contributed by atoms with Crippen LogP contribution in [0.5, 0.6) is 23.0 Å². The van der Waals surface area contributed by atoms with Crippen molar-refractivity contribution in [1.29, 1.82) is 0 Å². The lowest BCUT2D eigenvalue weighted by molar-refractivity contribution is -0.318. The second-order valence-corrected chi connectivity index (χ2v) is 10.1. The monoisotopic (exact) mass is 594 g/mol. The number of aromatic hydroxyl groups is 3. The van der Waals surface area contributed by atoms with Crippen LogP contribution in [0.2, 0.25) is 0 Å². The molecule has 10 atom stereocenters. The van der Waals surface area contributed by atoms with E-state index in [4.69, 9.17) is 23.4 Å². The summed E-state index contributed by atoms with van der Waals surface area (Å²) in [7, 11) is 0. The van der Waals surface area contributed by atoms with Crippen molar-refractivity contribution in [2.75, 3.05) is 6.61 Å². The van der Waals surface area contributed by atoms with Crippen molar-refractivity contribution in [3.8, 4) is 34.3 Å². The van der Waals surface area contributed by atoms with Gasteiger partial charge in [-0.2, -0.15) is 0 Å². The minimum Gasteiger partial charge on any atom is -0.507 e. The van der Waals surface area contributed by atoms with Crippen LogP contribution in [0.1, 0.15) is 6.92 Å². The maximum atomic E-state index is 12.7. The van der Waals surface area contributed by atoms with Gasteiger partial charge in [-0.3, -0.25) is 4.79 Å². The molecule has 3 heterocycles. The molecule has 15 nitrogen and oxygen atoms in total. The number of rotatable bonds is 6. The molecule has 0 radical (unpaired) electrons. The minimum atomic E-state index is -1.79. The zero-order valence-electron chi connectivity index (χ0n) is 21.9. The Balaban J connectivity index is 1.36. The molecule has 2 aromatic carbocycles. The van der Waals surface area contributed by atoms with Gasteiger partial charge in [-0.15, -0.1) is 0 Å². The number of fused-ring (bicyclic) bond motifs is 1. The van der Waals surface area contributed by atoms with Gasteiger partial charge in [0.15, 0.2) is 23.2 Å². The van der Waals surface area contributed by atoms with E-state index in [1.54, 1.807) is 0 Å². The van der Waals surface area contributed by atoms with Gasteiger partial charge >= 0.3 is 0 Å². The van der Waals surface area contributed by atoms with Gasteiger partial charge in [0, 0.05) is 23.8 Å². The molecule has 2 aliphatic heterocycles. The third-order valence-electron chi connectivity index (χ3n) is 7.20. The highest BCUT2D eigenvalue weighted by atomic mass is 16.7. The Bertz CT molecular complexity index is 1490. The second-order valence-electron chi connectivity index (χ2n) is 10.1. The van der Waals surface area contributed by atoms with E-state index in [0.29, 0.717) is 0 Å². The summed E-state index contributed by atoms with van der Waals surface area (Å²) in [5.41, 5.74) is -0.541. The Kier molecular flexibility index (Phi) is 8.30. The van der Waals surface area contributed by atoms with Crippen molar-refractivity contribution in [3.63, 3.8) is 0 Å². The lowest BCUT2D eigenvalue weighted by Gasteiger charge is -2.42. The average Bonchev–Trinajstić information content (AvgIpc) is 2.95. The summed E-state index contributed by atoms with van der Waals surface area (Å²) < 4.78 is 27.8. The number of hydrogen-bond donors (Lipinski definition) is 9. The van der Waals surface area contributed by atoms with Crippen LogP contribution >= 0.6 is 0 Å². The molecule has 0 saturated carbocycles. The third-order valence-corrected chi connectivity index (χ3v) is 7.20. The number of ether oxygens (including phenoxy) is 4. The Hall–Kier alpha value is -3.51. The van der Waals surface area contributed by atoms with Crippen LogP contribution in [0.15, 0.2) is 45.6 Å². The number of aliphatic hydroxyl groups excluding tert-OH is 6. The molecule has 42 heavy (non-hydrogen) atoms. The highest BCUT2D eigenvalue weighted by Crippen LogP contribution is 2.35.